The number of ether oxygens (including phenoxy) is 1. The van der Waals surface area contributed by atoms with E-state index in [4.69, 9.17) is 4.74 Å². The molecule has 1 atom stereocenters. The van der Waals surface area contributed by atoms with Crippen LogP contribution >= 0.6 is 0 Å². The Balaban J connectivity index is 2.42. The zero-order valence-electron chi connectivity index (χ0n) is 9.85. The van der Waals surface area contributed by atoms with Gasteiger partial charge in [0.25, 0.3) is 0 Å². The monoisotopic (exact) mass is 218 g/mol. The average molecular weight is 218 g/mol. The minimum atomic E-state index is -0.132. The lowest BCUT2D eigenvalue weighted by molar-refractivity contribution is -0.143. The molecule has 0 amide bonds. The summed E-state index contributed by atoms with van der Waals surface area (Å²) in [5.41, 5.74) is 1.15. The average Bonchev–Trinajstić information content (AvgIpc) is 2.28. The number of hydrogen-bond acceptors (Lipinski definition) is 2. The van der Waals surface area contributed by atoms with Gasteiger partial charge in [0.15, 0.2) is 0 Å². The van der Waals surface area contributed by atoms with Crippen LogP contribution in [0.25, 0.3) is 6.08 Å². The van der Waals surface area contributed by atoms with Crippen molar-refractivity contribution in [1.29, 1.82) is 0 Å². The van der Waals surface area contributed by atoms with Gasteiger partial charge in [-0.1, -0.05) is 49.4 Å². The number of rotatable bonds is 5. The molecule has 0 bridgehead atoms. The van der Waals surface area contributed by atoms with E-state index in [-0.39, 0.29) is 11.9 Å². The van der Waals surface area contributed by atoms with Gasteiger partial charge in [0.1, 0.15) is 0 Å². The predicted molar refractivity (Wildman–Crippen MR) is 65.9 cm³/mol. The van der Waals surface area contributed by atoms with Crippen molar-refractivity contribution >= 4 is 12.0 Å². The molecular weight excluding hydrogens is 200 g/mol. The summed E-state index contributed by atoms with van der Waals surface area (Å²) in [6.07, 6.45) is 4.51. The van der Waals surface area contributed by atoms with Crippen LogP contribution in [0.1, 0.15) is 25.8 Å². The van der Waals surface area contributed by atoms with Gasteiger partial charge in [0, 0.05) is 0 Å². The maximum atomic E-state index is 11.2. The van der Waals surface area contributed by atoms with Crippen LogP contribution in [0, 0.1) is 5.92 Å². The lowest BCUT2D eigenvalue weighted by Gasteiger charge is -2.05. The first-order valence-electron chi connectivity index (χ1n) is 5.61. The van der Waals surface area contributed by atoms with Gasteiger partial charge in [-0.2, -0.15) is 0 Å². The third-order valence-electron chi connectivity index (χ3n) is 2.21. The molecule has 0 aliphatic carbocycles. The Morgan fingerprint density at radius 3 is 2.69 bits per heavy atom. The van der Waals surface area contributed by atoms with Crippen molar-refractivity contribution in [1.82, 2.24) is 0 Å². The van der Waals surface area contributed by atoms with Crippen molar-refractivity contribution in [2.45, 2.75) is 20.3 Å². The normalized spacial score (nSPS) is 12.6. The molecule has 0 saturated heterocycles. The summed E-state index contributed by atoms with van der Waals surface area (Å²) in [6.45, 7) is 4.28. The maximum absolute atomic E-state index is 11.2. The van der Waals surface area contributed by atoms with Crippen LogP contribution < -0.4 is 0 Å². The number of hydrogen-bond donors (Lipinski definition) is 0. The van der Waals surface area contributed by atoms with Crippen LogP contribution in [0.3, 0.4) is 0 Å². The summed E-state index contributed by atoms with van der Waals surface area (Å²) < 4.78 is 4.89. The van der Waals surface area contributed by atoms with E-state index in [0.717, 1.165) is 5.56 Å². The van der Waals surface area contributed by atoms with Gasteiger partial charge in [-0.3, -0.25) is 4.79 Å². The van der Waals surface area contributed by atoms with Crippen molar-refractivity contribution in [2.75, 3.05) is 6.61 Å². The van der Waals surface area contributed by atoms with E-state index >= 15 is 0 Å². The van der Waals surface area contributed by atoms with E-state index in [1.807, 2.05) is 56.3 Å². The Bertz CT molecular complexity index is 341. The van der Waals surface area contributed by atoms with Gasteiger partial charge in [-0.25, -0.2) is 0 Å². The summed E-state index contributed by atoms with van der Waals surface area (Å²) >= 11 is 0. The molecule has 2 heteroatoms. The Morgan fingerprint density at radius 2 is 2.06 bits per heavy atom. The van der Waals surface area contributed by atoms with E-state index in [2.05, 4.69) is 0 Å². The van der Waals surface area contributed by atoms with Crippen molar-refractivity contribution in [3.8, 4) is 0 Å². The standard InChI is InChI=1S/C14H18O2/c1-3-16-14(15)11-12(2)9-10-13-7-5-4-6-8-13/h4-10,12H,3,11H2,1-2H3/b10-9+/t12-/m0/s1. The third-order valence-corrected chi connectivity index (χ3v) is 2.21. The van der Waals surface area contributed by atoms with Crippen molar-refractivity contribution in [3.63, 3.8) is 0 Å². The fraction of sp³-hybridized carbons (Fsp3) is 0.357. The van der Waals surface area contributed by atoms with Crippen molar-refractivity contribution in [3.05, 3.63) is 42.0 Å². The summed E-state index contributed by atoms with van der Waals surface area (Å²) in [5.74, 6) is 0.0759. The van der Waals surface area contributed by atoms with Crippen molar-refractivity contribution < 1.29 is 9.53 Å². The Morgan fingerprint density at radius 1 is 1.38 bits per heavy atom. The molecule has 0 aliphatic rings. The second kappa shape index (κ2) is 6.83. The topological polar surface area (TPSA) is 26.3 Å². The Kier molecular flexibility index (Phi) is 5.34. The zero-order valence-corrected chi connectivity index (χ0v) is 9.85. The quantitative estimate of drug-likeness (QED) is 0.709. The highest BCUT2D eigenvalue weighted by Gasteiger charge is 2.06. The van der Waals surface area contributed by atoms with E-state index in [1.54, 1.807) is 0 Å². The number of benzene rings is 1. The zero-order chi connectivity index (χ0) is 11.8. The molecule has 16 heavy (non-hydrogen) atoms. The molecule has 0 aromatic heterocycles. The number of carbonyl (C=O) groups is 1. The van der Waals surface area contributed by atoms with Crippen LogP contribution in [0.4, 0.5) is 0 Å². The molecule has 1 aromatic carbocycles. The third kappa shape index (κ3) is 4.78. The fourth-order valence-corrected chi connectivity index (χ4v) is 1.39. The fourth-order valence-electron chi connectivity index (χ4n) is 1.39. The second-order valence-corrected chi connectivity index (χ2v) is 3.76. The molecule has 0 unspecified atom stereocenters. The second-order valence-electron chi connectivity index (χ2n) is 3.76. The summed E-state index contributed by atoms with van der Waals surface area (Å²) in [5, 5.41) is 0. The molecule has 1 rings (SSSR count). The Hall–Kier alpha value is -1.57. The number of carbonyl (C=O) groups excluding carboxylic acids is 1. The highest BCUT2D eigenvalue weighted by Crippen LogP contribution is 2.09. The first kappa shape index (κ1) is 12.5. The molecule has 0 aliphatic heterocycles. The van der Waals surface area contributed by atoms with E-state index in [0.29, 0.717) is 13.0 Å². The minimum absolute atomic E-state index is 0.132. The lowest BCUT2D eigenvalue weighted by atomic mass is 10.1. The van der Waals surface area contributed by atoms with Gasteiger partial charge < -0.3 is 4.74 Å². The molecule has 0 radical (unpaired) electrons. The molecule has 86 valence electrons. The van der Waals surface area contributed by atoms with Crippen LogP contribution in [0.5, 0.6) is 0 Å². The van der Waals surface area contributed by atoms with Gasteiger partial charge in [-0.15, -0.1) is 0 Å². The smallest absolute Gasteiger partial charge is 0.306 e. The maximum Gasteiger partial charge on any atom is 0.306 e. The van der Waals surface area contributed by atoms with Gasteiger partial charge in [0.2, 0.25) is 0 Å². The SMILES string of the molecule is CCOC(=O)C[C@@H](C)/C=C/c1ccccc1. The molecule has 0 spiro atoms. The molecule has 0 saturated carbocycles. The number of allylic oxidation sites excluding steroid dienone is 1. The minimum Gasteiger partial charge on any atom is -0.466 e. The van der Waals surface area contributed by atoms with Gasteiger partial charge in [-0.05, 0) is 18.4 Å². The molecule has 1 aromatic rings. The van der Waals surface area contributed by atoms with Gasteiger partial charge in [0.05, 0.1) is 13.0 Å². The predicted octanol–water partition coefficient (Wildman–Crippen LogP) is 3.29. The summed E-state index contributed by atoms with van der Waals surface area (Å²) in [7, 11) is 0. The number of esters is 1. The summed E-state index contributed by atoms with van der Waals surface area (Å²) in [4.78, 5) is 11.2. The highest BCUT2D eigenvalue weighted by molar-refractivity contribution is 5.70. The van der Waals surface area contributed by atoms with Crippen LogP contribution in [0.15, 0.2) is 36.4 Å². The largest absolute Gasteiger partial charge is 0.466 e. The molecular formula is C14H18O2. The summed E-state index contributed by atoms with van der Waals surface area (Å²) in [6, 6.07) is 10.0. The molecule has 0 heterocycles. The van der Waals surface area contributed by atoms with E-state index in [1.165, 1.54) is 0 Å². The van der Waals surface area contributed by atoms with Crippen LogP contribution in [0.2, 0.25) is 0 Å². The highest BCUT2D eigenvalue weighted by atomic mass is 16.5. The first-order valence-corrected chi connectivity index (χ1v) is 5.61. The van der Waals surface area contributed by atoms with Crippen LogP contribution in [-0.2, 0) is 9.53 Å². The molecule has 0 fully saturated rings. The lowest BCUT2D eigenvalue weighted by Crippen LogP contribution is -2.07. The molecule has 0 N–H and O–H groups in total. The van der Waals surface area contributed by atoms with Crippen LogP contribution in [-0.4, -0.2) is 12.6 Å². The van der Waals surface area contributed by atoms with E-state index in [9.17, 15) is 4.79 Å². The van der Waals surface area contributed by atoms with Crippen molar-refractivity contribution in [2.24, 2.45) is 5.92 Å². The molecule has 2 nitrogen and oxygen atoms in total. The first-order chi connectivity index (χ1) is 7.72. The Labute approximate surface area is 96.9 Å². The van der Waals surface area contributed by atoms with Gasteiger partial charge >= 0.3 is 5.97 Å². The van der Waals surface area contributed by atoms with E-state index < -0.39 is 0 Å².